The molecule has 0 bridgehead atoms. The zero-order valence-corrected chi connectivity index (χ0v) is 10.0. The van der Waals surface area contributed by atoms with Gasteiger partial charge in [-0.05, 0) is 24.6 Å². The van der Waals surface area contributed by atoms with Crippen LogP contribution in [0, 0.1) is 6.92 Å². The zero-order valence-electron chi connectivity index (χ0n) is 10.0. The summed E-state index contributed by atoms with van der Waals surface area (Å²) in [7, 11) is 1.54. The Kier molecular flexibility index (Phi) is 5.45. The number of rotatable bonds is 6. The molecule has 0 radical (unpaired) electrons. The lowest BCUT2D eigenvalue weighted by atomic mass is 10.2. The number of hydrogen-bond acceptors (Lipinski definition) is 4. The van der Waals surface area contributed by atoms with E-state index in [0.717, 1.165) is 5.56 Å². The first-order chi connectivity index (χ1) is 8.17. The van der Waals surface area contributed by atoms with Gasteiger partial charge in [0.2, 0.25) is 5.91 Å². The van der Waals surface area contributed by atoms with Crippen molar-refractivity contribution in [3.8, 4) is 5.75 Å². The van der Waals surface area contributed by atoms with Crippen molar-refractivity contribution < 1.29 is 19.4 Å². The van der Waals surface area contributed by atoms with Crippen molar-refractivity contribution in [2.24, 2.45) is 0 Å². The first kappa shape index (κ1) is 13.5. The minimum atomic E-state index is -0.276. The average Bonchev–Trinajstić information content (AvgIpc) is 2.29. The van der Waals surface area contributed by atoms with Crippen LogP contribution in [0.5, 0.6) is 5.75 Å². The monoisotopic (exact) mass is 239 g/mol. The van der Waals surface area contributed by atoms with E-state index < -0.39 is 0 Å². The molecule has 2 N–H and O–H groups in total. The Hall–Kier alpha value is -1.59. The lowest BCUT2D eigenvalue weighted by molar-refractivity contribution is -0.120. The largest absolute Gasteiger partial charge is 0.495 e. The number of methoxy groups -OCH3 is 1. The smallest absolute Gasteiger partial charge is 0.250 e. The molecule has 1 amide bonds. The summed E-state index contributed by atoms with van der Waals surface area (Å²) in [5.74, 6) is 0.327. The Labute approximate surface area is 100 Å². The summed E-state index contributed by atoms with van der Waals surface area (Å²) in [6.45, 7) is 1.90. The fraction of sp³-hybridized carbons (Fsp3) is 0.417. The van der Waals surface area contributed by atoms with E-state index in [9.17, 15) is 4.79 Å². The first-order valence-corrected chi connectivity index (χ1v) is 5.30. The molecule has 0 spiro atoms. The third-order valence-electron chi connectivity index (χ3n) is 2.10. The molecule has 5 heteroatoms. The van der Waals surface area contributed by atoms with Gasteiger partial charge in [0.05, 0.1) is 26.0 Å². The highest BCUT2D eigenvalue weighted by molar-refractivity contribution is 5.93. The molecule has 0 fully saturated rings. The van der Waals surface area contributed by atoms with Crippen LogP contribution in [-0.2, 0) is 9.53 Å². The lowest BCUT2D eigenvalue weighted by Gasteiger charge is -2.11. The van der Waals surface area contributed by atoms with Crippen molar-refractivity contribution in [3.05, 3.63) is 23.8 Å². The Morgan fingerprint density at radius 2 is 2.24 bits per heavy atom. The maximum atomic E-state index is 11.5. The molecule has 0 heterocycles. The number of aliphatic hydroxyl groups is 1. The van der Waals surface area contributed by atoms with Crippen LogP contribution in [0.4, 0.5) is 5.69 Å². The molecule has 5 nitrogen and oxygen atoms in total. The maximum Gasteiger partial charge on any atom is 0.250 e. The molecule has 0 saturated carbocycles. The highest BCUT2D eigenvalue weighted by Gasteiger charge is 2.07. The molecule has 1 aromatic carbocycles. The van der Waals surface area contributed by atoms with E-state index in [-0.39, 0.29) is 25.7 Å². The summed E-state index contributed by atoms with van der Waals surface area (Å²) in [5.41, 5.74) is 1.64. The molecule has 0 atom stereocenters. The van der Waals surface area contributed by atoms with E-state index in [1.54, 1.807) is 13.2 Å². The lowest BCUT2D eigenvalue weighted by Crippen LogP contribution is -2.19. The number of ether oxygens (including phenoxy) is 2. The number of carbonyl (C=O) groups is 1. The molecule has 0 saturated heterocycles. The Balaban J connectivity index is 2.60. The number of hydrogen-bond donors (Lipinski definition) is 2. The molecule has 1 aromatic rings. The van der Waals surface area contributed by atoms with Crippen LogP contribution in [0.25, 0.3) is 0 Å². The van der Waals surface area contributed by atoms with Crippen LogP contribution in [0.3, 0.4) is 0 Å². The minimum absolute atomic E-state index is 0.0857. The first-order valence-electron chi connectivity index (χ1n) is 5.30. The van der Waals surface area contributed by atoms with Gasteiger partial charge in [0.15, 0.2) is 0 Å². The second-order valence-electron chi connectivity index (χ2n) is 3.53. The Morgan fingerprint density at radius 3 is 2.88 bits per heavy atom. The minimum Gasteiger partial charge on any atom is -0.495 e. The van der Waals surface area contributed by atoms with Crippen molar-refractivity contribution in [1.29, 1.82) is 0 Å². The van der Waals surface area contributed by atoms with Gasteiger partial charge >= 0.3 is 0 Å². The fourth-order valence-corrected chi connectivity index (χ4v) is 1.34. The number of nitrogens with one attached hydrogen (secondary N) is 1. The van der Waals surface area contributed by atoms with Gasteiger partial charge in [-0.25, -0.2) is 0 Å². The summed E-state index contributed by atoms with van der Waals surface area (Å²) in [6, 6.07) is 5.51. The van der Waals surface area contributed by atoms with Crippen LogP contribution in [0.2, 0.25) is 0 Å². The summed E-state index contributed by atoms with van der Waals surface area (Å²) >= 11 is 0. The van der Waals surface area contributed by atoms with Gasteiger partial charge in [-0.1, -0.05) is 6.07 Å². The van der Waals surface area contributed by atoms with E-state index in [1.807, 2.05) is 19.1 Å². The Bertz CT molecular complexity index is 379. The molecule has 1 rings (SSSR count). The number of amides is 1. The molecule has 0 unspecified atom stereocenters. The van der Waals surface area contributed by atoms with Gasteiger partial charge in [-0.2, -0.15) is 0 Å². The van der Waals surface area contributed by atoms with E-state index in [2.05, 4.69) is 5.32 Å². The van der Waals surface area contributed by atoms with Crippen molar-refractivity contribution in [2.45, 2.75) is 6.92 Å². The highest BCUT2D eigenvalue weighted by Crippen LogP contribution is 2.24. The molecule has 0 aliphatic carbocycles. The van der Waals surface area contributed by atoms with Crippen molar-refractivity contribution in [2.75, 3.05) is 32.2 Å². The topological polar surface area (TPSA) is 67.8 Å². The van der Waals surface area contributed by atoms with Gasteiger partial charge in [-0.15, -0.1) is 0 Å². The molecule has 0 aliphatic heterocycles. The summed E-state index contributed by atoms with van der Waals surface area (Å²) in [5, 5.41) is 11.2. The summed E-state index contributed by atoms with van der Waals surface area (Å²) in [6.07, 6.45) is 0. The van der Waals surface area contributed by atoms with Crippen molar-refractivity contribution in [3.63, 3.8) is 0 Å². The van der Waals surface area contributed by atoms with Gasteiger partial charge in [0, 0.05) is 0 Å². The van der Waals surface area contributed by atoms with Crippen molar-refractivity contribution in [1.82, 2.24) is 0 Å². The van der Waals surface area contributed by atoms with E-state index >= 15 is 0 Å². The highest BCUT2D eigenvalue weighted by atomic mass is 16.5. The van der Waals surface area contributed by atoms with Gasteiger partial charge in [-0.3, -0.25) is 4.79 Å². The van der Waals surface area contributed by atoms with Crippen molar-refractivity contribution >= 4 is 11.6 Å². The standard InChI is InChI=1S/C12H17NO4/c1-9-3-4-11(16-2)10(7-9)13-12(15)8-17-6-5-14/h3-4,7,14H,5-6,8H2,1-2H3,(H,13,15). The predicted octanol–water partition coefficient (Wildman–Crippen LogP) is 0.951. The molecule has 0 aliphatic rings. The predicted molar refractivity (Wildman–Crippen MR) is 64.3 cm³/mol. The third kappa shape index (κ3) is 4.42. The van der Waals surface area contributed by atoms with Crippen LogP contribution >= 0.6 is 0 Å². The SMILES string of the molecule is COc1ccc(C)cc1NC(=O)COCCO. The number of aliphatic hydroxyl groups excluding tert-OH is 1. The second kappa shape index (κ2) is 6.88. The second-order valence-corrected chi connectivity index (χ2v) is 3.53. The summed E-state index contributed by atoms with van der Waals surface area (Å²) in [4.78, 5) is 11.5. The number of carbonyl (C=O) groups excluding carboxylic acids is 1. The molecule has 17 heavy (non-hydrogen) atoms. The molecule has 0 aromatic heterocycles. The van der Waals surface area contributed by atoms with E-state index in [4.69, 9.17) is 14.6 Å². The van der Waals surface area contributed by atoms with Crippen LogP contribution < -0.4 is 10.1 Å². The zero-order chi connectivity index (χ0) is 12.7. The normalized spacial score (nSPS) is 10.1. The van der Waals surface area contributed by atoms with Gasteiger partial charge in [0.25, 0.3) is 0 Å². The quantitative estimate of drug-likeness (QED) is 0.725. The fourth-order valence-electron chi connectivity index (χ4n) is 1.34. The van der Waals surface area contributed by atoms with E-state index in [0.29, 0.717) is 11.4 Å². The number of benzene rings is 1. The van der Waals surface area contributed by atoms with Crippen LogP contribution in [0.1, 0.15) is 5.56 Å². The molecular weight excluding hydrogens is 222 g/mol. The maximum absolute atomic E-state index is 11.5. The average molecular weight is 239 g/mol. The Morgan fingerprint density at radius 1 is 1.47 bits per heavy atom. The van der Waals surface area contributed by atoms with Gasteiger partial charge in [0.1, 0.15) is 12.4 Å². The van der Waals surface area contributed by atoms with E-state index in [1.165, 1.54) is 0 Å². The van der Waals surface area contributed by atoms with Gasteiger partial charge < -0.3 is 19.9 Å². The third-order valence-corrected chi connectivity index (χ3v) is 2.10. The van der Waals surface area contributed by atoms with Crippen LogP contribution in [-0.4, -0.2) is 37.9 Å². The number of anilines is 1. The van der Waals surface area contributed by atoms with Crippen LogP contribution in [0.15, 0.2) is 18.2 Å². The molecular formula is C12H17NO4. The number of aryl methyl sites for hydroxylation is 1. The summed E-state index contributed by atoms with van der Waals surface area (Å²) < 4.78 is 10.0. The molecule has 94 valence electrons.